The third-order valence-electron chi connectivity index (χ3n) is 6.38. The topological polar surface area (TPSA) is 122 Å². The van der Waals surface area contributed by atoms with Crippen LogP contribution in [0.25, 0.3) is 27.9 Å². The third-order valence-corrected chi connectivity index (χ3v) is 6.38. The van der Waals surface area contributed by atoms with Gasteiger partial charge in [-0.1, -0.05) is 6.92 Å². The molecule has 0 spiro atoms. The molecular formula is C23H25N9O2. The van der Waals surface area contributed by atoms with E-state index in [1.165, 1.54) is 6.20 Å². The van der Waals surface area contributed by atoms with Crippen molar-refractivity contribution in [3.8, 4) is 11.4 Å². The van der Waals surface area contributed by atoms with Crippen molar-refractivity contribution in [2.24, 2.45) is 11.8 Å². The number of nitrogens with zero attached hydrogens (tertiary/aromatic N) is 7. The van der Waals surface area contributed by atoms with Crippen molar-refractivity contribution in [1.82, 2.24) is 29.8 Å². The van der Waals surface area contributed by atoms with Crippen molar-refractivity contribution >= 4 is 39.8 Å². The molecule has 1 saturated heterocycles. The minimum Gasteiger partial charge on any atom is -0.378 e. The van der Waals surface area contributed by atoms with E-state index in [9.17, 15) is 4.79 Å². The predicted molar refractivity (Wildman–Crippen MR) is 128 cm³/mol. The highest BCUT2D eigenvalue weighted by Crippen LogP contribution is 2.38. The Hall–Kier alpha value is -3.86. The molecule has 1 amide bonds. The first-order chi connectivity index (χ1) is 18.8. The van der Waals surface area contributed by atoms with Gasteiger partial charge in [0.15, 0.2) is 23.1 Å². The minimum absolute atomic E-state index is 0.0117. The van der Waals surface area contributed by atoms with E-state index in [4.69, 9.17) is 13.0 Å². The van der Waals surface area contributed by atoms with E-state index in [1.807, 2.05) is 17.9 Å². The van der Waals surface area contributed by atoms with Gasteiger partial charge in [-0.3, -0.25) is 4.79 Å². The van der Waals surface area contributed by atoms with Crippen LogP contribution in [0.5, 0.6) is 0 Å². The van der Waals surface area contributed by atoms with Gasteiger partial charge in [0.1, 0.15) is 5.52 Å². The van der Waals surface area contributed by atoms with Crippen LogP contribution in [0.4, 0.5) is 17.3 Å². The average molecular weight is 466 g/mol. The number of anilines is 3. The van der Waals surface area contributed by atoms with E-state index in [0.29, 0.717) is 41.4 Å². The summed E-state index contributed by atoms with van der Waals surface area (Å²) in [4.78, 5) is 23.4. The van der Waals surface area contributed by atoms with Gasteiger partial charge >= 0.3 is 0 Å². The number of aromatic nitrogens is 6. The number of pyridine rings is 2. The van der Waals surface area contributed by atoms with Crippen LogP contribution in [0, 0.1) is 11.8 Å². The van der Waals surface area contributed by atoms with Gasteiger partial charge in [-0.05, 0) is 30.5 Å². The van der Waals surface area contributed by atoms with Gasteiger partial charge in [0.25, 0.3) is 0 Å². The number of nitrogens with one attached hydrogen (secondary N) is 2. The first-order valence-corrected chi connectivity index (χ1v) is 10.9. The molecule has 174 valence electrons. The van der Waals surface area contributed by atoms with Crippen LogP contribution in [0.15, 0.2) is 30.6 Å². The monoisotopic (exact) mass is 465 g/mol. The molecule has 1 aliphatic heterocycles. The molecule has 2 aliphatic rings. The number of hydrogen-bond donors (Lipinski definition) is 2. The highest BCUT2D eigenvalue weighted by Gasteiger charge is 2.39. The first-order valence-electron chi connectivity index (χ1n) is 13.9. The van der Waals surface area contributed by atoms with Crippen molar-refractivity contribution < 1.29 is 17.8 Å². The standard InChI is InChI=1S/C23H25N9O2/c1-12-6-15(12)23(33)26-18-7-16-17(8-25-22(24-2)20(16)29-28-18)21-27-19-5-4-13(9-32(19)30-21)31-10-14(11-31)34-3/h4-5,7-9,12,14-15H,6,10-11H2,1-3H3,(H,24,25)(H,26,28,33)/t12-,15+/m1/s1/i2D3,3D3. The minimum atomic E-state index is -2.51. The summed E-state index contributed by atoms with van der Waals surface area (Å²) in [7, 11) is -2.43. The summed E-state index contributed by atoms with van der Waals surface area (Å²) in [5.41, 5.74) is 2.02. The number of amides is 1. The van der Waals surface area contributed by atoms with Crippen molar-refractivity contribution in [1.29, 1.82) is 0 Å². The third kappa shape index (κ3) is 3.48. The van der Waals surface area contributed by atoms with Crippen molar-refractivity contribution in [3.05, 3.63) is 30.6 Å². The van der Waals surface area contributed by atoms with Crippen molar-refractivity contribution in [2.75, 3.05) is 42.6 Å². The molecule has 2 atom stereocenters. The molecule has 11 nitrogen and oxygen atoms in total. The van der Waals surface area contributed by atoms with Crippen LogP contribution >= 0.6 is 0 Å². The maximum absolute atomic E-state index is 12.5. The lowest BCUT2D eigenvalue weighted by atomic mass is 10.1. The molecule has 34 heavy (non-hydrogen) atoms. The molecule has 0 bridgehead atoms. The number of ether oxygens (including phenoxy) is 1. The summed E-state index contributed by atoms with van der Waals surface area (Å²) in [6, 6.07) is 5.25. The Bertz CT molecular complexity index is 1620. The van der Waals surface area contributed by atoms with Crippen molar-refractivity contribution in [2.45, 2.75) is 19.4 Å². The van der Waals surface area contributed by atoms with Gasteiger partial charge < -0.3 is 20.3 Å². The summed E-state index contributed by atoms with van der Waals surface area (Å²) in [6.45, 7) is 0.356. The number of carbonyl (C=O) groups is 1. The van der Waals surface area contributed by atoms with Crippen LogP contribution in [-0.4, -0.2) is 68.9 Å². The quantitative estimate of drug-likeness (QED) is 0.441. The van der Waals surface area contributed by atoms with Gasteiger partial charge in [-0.2, -0.15) is 0 Å². The lowest BCUT2D eigenvalue weighted by Crippen LogP contribution is -2.51. The second-order valence-corrected chi connectivity index (χ2v) is 8.72. The van der Waals surface area contributed by atoms with E-state index in [1.54, 1.807) is 22.8 Å². The van der Waals surface area contributed by atoms with Crippen LogP contribution in [-0.2, 0) is 9.53 Å². The van der Waals surface area contributed by atoms with Crippen LogP contribution in [0.2, 0.25) is 0 Å². The SMILES string of the molecule is [2H]C([2H])([2H])Nc1ncc(-c2nc3ccc(N4CC(OC([2H])([2H])[2H])C4)cn3n2)c2cc(NC(=O)[C@H]3C[C@H]3C)nnc12. The molecule has 0 aromatic carbocycles. The fraction of sp³-hybridized carbons (Fsp3) is 0.391. The fourth-order valence-electron chi connectivity index (χ4n) is 4.17. The maximum Gasteiger partial charge on any atom is 0.228 e. The average Bonchev–Trinajstić information content (AvgIpc) is 3.42. The van der Waals surface area contributed by atoms with Gasteiger partial charge in [0.05, 0.1) is 22.1 Å². The number of fused-ring (bicyclic) bond motifs is 2. The second kappa shape index (κ2) is 7.87. The molecule has 4 aromatic heterocycles. The number of carbonyl (C=O) groups excluding carboxylic acids is 1. The predicted octanol–water partition coefficient (Wildman–Crippen LogP) is 2.21. The van der Waals surface area contributed by atoms with Gasteiger partial charge in [0, 0.05) is 54.3 Å². The van der Waals surface area contributed by atoms with E-state index < -0.39 is 14.0 Å². The van der Waals surface area contributed by atoms with Crippen molar-refractivity contribution in [3.63, 3.8) is 0 Å². The zero-order valence-corrected chi connectivity index (χ0v) is 18.2. The number of methoxy groups -OCH3 is 1. The highest BCUT2D eigenvalue weighted by molar-refractivity contribution is 6.01. The van der Waals surface area contributed by atoms with E-state index in [0.717, 1.165) is 12.1 Å². The second-order valence-electron chi connectivity index (χ2n) is 8.72. The molecule has 0 radical (unpaired) electrons. The summed E-state index contributed by atoms with van der Waals surface area (Å²) in [5, 5.41) is 18.5. The van der Waals surface area contributed by atoms with Gasteiger partial charge in [0.2, 0.25) is 5.91 Å². The largest absolute Gasteiger partial charge is 0.378 e. The molecule has 5 heterocycles. The summed E-state index contributed by atoms with van der Waals surface area (Å²) in [6.07, 6.45) is 3.66. The molecule has 11 heteroatoms. The number of rotatable bonds is 6. The Morgan fingerprint density at radius 1 is 1.29 bits per heavy atom. The molecule has 1 aliphatic carbocycles. The summed E-state index contributed by atoms with van der Waals surface area (Å²) >= 11 is 0. The normalized spacial score (nSPS) is 23.3. The molecule has 0 unspecified atom stereocenters. The van der Waals surface area contributed by atoms with Crippen LogP contribution in [0.3, 0.4) is 0 Å². The lowest BCUT2D eigenvalue weighted by molar-refractivity contribution is -0.117. The smallest absolute Gasteiger partial charge is 0.228 e. The van der Waals surface area contributed by atoms with E-state index in [2.05, 4.69) is 35.9 Å². The van der Waals surface area contributed by atoms with Gasteiger partial charge in [-0.15, -0.1) is 15.3 Å². The Morgan fingerprint density at radius 3 is 2.97 bits per heavy atom. The Kier molecular flexibility index (Phi) is 3.50. The molecule has 2 fully saturated rings. The Labute approximate surface area is 204 Å². The Balaban J connectivity index is 1.33. The zero-order chi connectivity index (χ0) is 28.4. The van der Waals surface area contributed by atoms with E-state index in [-0.39, 0.29) is 35.1 Å². The number of hydrogen-bond acceptors (Lipinski definition) is 9. The maximum atomic E-state index is 12.5. The first kappa shape index (κ1) is 15.1. The molecule has 2 N–H and O–H groups in total. The highest BCUT2D eigenvalue weighted by atomic mass is 16.5. The van der Waals surface area contributed by atoms with Crippen LogP contribution in [0.1, 0.15) is 21.6 Å². The molecular weight excluding hydrogens is 434 g/mol. The fourth-order valence-corrected chi connectivity index (χ4v) is 4.17. The summed E-state index contributed by atoms with van der Waals surface area (Å²) < 4.78 is 51.2. The van der Waals surface area contributed by atoms with E-state index >= 15 is 0 Å². The van der Waals surface area contributed by atoms with Crippen LogP contribution < -0.4 is 15.5 Å². The lowest BCUT2D eigenvalue weighted by Gasteiger charge is -2.39. The Morgan fingerprint density at radius 2 is 2.18 bits per heavy atom. The molecule has 1 saturated carbocycles. The summed E-state index contributed by atoms with van der Waals surface area (Å²) in [5.74, 6) is 0.640. The zero-order valence-electron chi connectivity index (χ0n) is 24.2. The molecule has 4 aromatic rings. The van der Waals surface area contributed by atoms with Gasteiger partial charge in [-0.25, -0.2) is 14.5 Å². The molecule has 6 rings (SSSR count).